The number of hydrogen-bond acceptors (Lipinski definition) is 2. The Bertz CT molecular complexity index is 619. The molecular formula is C13H11BrClN3O. The van der Waals surface area contributed by atoms with E-state index in [1.54, 1.807) is 30.6 Å². The molecule has 4 nitrogen and oxygen atoms in total. The van der Waals surface area contributed by atoms with E-state index in [0.717, 1.165) is 10.0 Å². The van der Waals surface area contributed by atoms with Crippen molar-refractivity contribution in [3.8, 4) is 0 Å². The van der Waals surface area contributed by atoms with Crippen molar-refractivity contribution in [1.82, 2.24) is 4.98 Å². The summed E-state index contributed by atoms with van der Waals surface area (Å²) in [5.41, 5.74) is 2.20. The van der Waals surface area contributed by atoms with Crippen molar-refractivity contribution in [3.05, 3.63) is 51.7 Å². The molecule has 0 spiro atoms. The highest BCUT2D eigenvalue weighted by Gasteiger charge is 2.04. The second-order valence-electron chi connectivity index (χ2n) is 3.93. The molecule has 1 aromatic heterocycles. The van der Waals surface area contributed by atoms with Crippen LogP contribution in [0.3, 0.4) is 0 Å². The van der Waals surface area contributed by atoms with E-state index < -0.39 is 0 Å². The molecule has 0 fully saturated rings. The lowest BCUT2D eigenvalue weighted by molar-refractivity contribution is 0.262. The highest BCUT2D eigenvalue weighted by Crippen LogP contribution is 2.20. The van der Waals surface area contributed by atoms with Crippen molar-refractivity contribution in [2.75, 3.05) is 10.6 Å². The molecule has 0 radical (unpaired) electrons. The summed E-state index contributed by atoms with van der Waals surface area (Å²) in [6, 6.07) is 6.75. The molecule has 6 heteroatoms. The van der Waals surface area contributed by atoms with E-state index in [1.807, 2.05) is 13.0 Å². The molecule has 0 unspecified atom stereocenters. The van der Waals surface area contributed by atoms with Gasteiger partial charge in [0.2, 0.25) is 0 Å². The first-order chi connectivity index (χ1) is 9.04. The number of carbonyl (C=O) groups is 1. The summed E-state index contributed by atoms with van der Waals surface area (Å²) >= 11 is 9.28. The van der Waals surface area contributed by atoms with Crippen molar-refractivity contribution >= 4 is 44.9 Å². The molecule has 0 aliphatic heterocycles. The zero-order valence-electron chi connectivity index (χ0n) is 10.1. The predicted octanol–water partition coefficient (Wildman–Crippen LogP) is 4.45. The maximum absolute atomic E-state index is 11.8. The van der Waals surface area contributed by atoms with Gasteiger partial charge in [0.05, 0.1) is 11.9 Å². The molecule has 2 aromatic rings. The van der Waals surface area contributed by atoms with Gasteiger partial charge in [-0.1, -0.05) is 17.7 Å². The van der Waals surface area contributed by atoms with Gasteiger partial charge in [0.15, 0.2) is 0 Å². The number of hydrogen-bond donors (Lipinski definition) is 2. The number of rotatable bonds is 2. The van der Waals surface area contributed by atoms with E-state index in [1.165, 1.54) is 0 Å². The maximum atomic E-state index is 11.8. The first-order valence-corrected chi connectivity index (χ1v) is 6.66. The SMILES string of the molecule is Cc1ccc(NC(=O)Nc2cncc(Br)c2)cc1Cl. The van der Waals surface area contributed by atoms with E-state index in [9.17, 15) is 4.79 Å². The van der Waals surface area contributed by atoms with Crippen molar-refractivity contribution in [1.29, 1.82) is 0 Å². The van der Waals surface area contributed by atoms with Crippen LogP contribution in [0.2, 0.25) is 5.02 Å². The first-order valence-electron chi connectivity index (χ1n) is 5.49. The van der Waals surface area contributed by atoms with Crippen LogP contribution in [0.4, 0.5) is 16.2 Å². The third-order valence-corrected chi connectivity index (χ3v) is 3.23. The number of aryl methyl sites for hydroxylation is 1. The van der Waals surface area contributed by atoms with Crippen LogP contribution in [0.15, 0.2) is 41.1 Å². The van der Waals surface area contributed by atoms with Gasteiger partial charge < -0.3 is 10.6 Å². The molecule has 0 aliphatic rings. The number of nitrogens with zero attached hydrogens (tertiary/aromatic N) is 1. The quantitative estimate of drug-likeness (QED) is 0.848. The van der Waals surface area contributed by atoms with Gasteiger partial charge in [-0.05, 0) is 46.6 Å². The Labute approximate surface area is 124 Å². The van der Waals surface area contributed by atoms with Crippen molar-refractivity contribution in [3.63, 3.8) is 0 Å². The Morgan fingerprint density at radius 2 is 1.95 bits per heavy atom. The lowest BCUT2D eigenvalue weighted by Crippen LogP contribution is -2.19. The van der Waals surface area contributed by atoms with E-state index in [-0.39, 0.29) is 6.03 Å². The van der Waals surface area contributed by atoms with Gasteiger partial charge in [0, 0.05) is 21.4 Å². The number of amides is 2. The second-order valence-corrected chi connectivity index (χ2v) is 5.26. The zero-order chi connectivity index (χ0) is 13.8. The van der Waals surface area contributed by atoms with Crippen LogP contribution in [0.5, 0.6) is 0 Å². The standard InChI is InChI=1S/C13H11BrClN3O/c1-8-2-3-10(5-12(8)15)17-13(19)18-11-4-9(14)6-16-7-11/h2-7H,1H3,(H2,17,18,19). The fourth-order valence-corrected chi connectivity index (χ4v) is 1.99. The van der Waals surface area contributed by atoms with Gasteiger partial charge in [0.1, 0.15) is 0 Å². The number of pyridine rings is 1. The molecule has 2 rings (SSSR count). The average molecular weight is 341 g/mol. The molecule has 0 atom stereocenters. The van der Waals surface area contributed by atoms with E-state index in [2.05, 4.69) is 31.5 Å². The molecule has 19 heavy (non-hydrogen) atoms. The summed E-state index contributed by atoms with van der Waals surface area (Å²) in [6.45, 7) is 1.90. The van der Waals surface area contributed by atoms with Crippen LogP contribution in [-0.2, 0) is 0 Å². The first kappa shape index (κ1) is 13.8. The van der Waals surface area contributed by atoms with E-state index >= 15 is 0 Å². The Kier molecular flexibility index (Phi) is 4.39. The fraction of sp³-hybridized carbons (Fsp3) is 0.0769. The summed E-state index contributed by atoms with van der Waals surface area (Å²) in [6.07, 6.45) is 3.20. The molecular weight excluding hydrogens is 330 g/mol. The number of urea groups is 1. The molecule has 2 amide bonds. The van der Waals surface area contributed by atoms with Gasteiger partial charge in [-0.15, -0.1) is 0 Å². The third-order valence-electron chi connectivity index (χ3n) is 2.39. The van der Waals surface area contributed by atoms with Crippen LogP contribution in [0.1, 0.15) is 5.56 Å². The molecule has 2 N–H and O–H groups in total. The predicted molar refractivity (Wildman–Crippen MR) is 80.8 cm³/mol. The van der Waals surface area contributed by atoms with Gasteiger partial charge >= 0.3 is 6.03 Å². The Balaban J connectivity index is 2.03. The minimum atomic E-state index is -0.347. The Morgan fingerprint density at radius 1 is 1.21 bits per heavy atom. The largest absolute Gasteiger partial charge is 0.323 e. The summed E-state index contributed by atoms with van der Waals surface area (Å²) in [5, 5.41) is 5.99. The minimum Gasteiger partial charge on any atom is -0.308 e. The second kappa shape index (κ2) is 6.04. The van der Waals surface area contributed by atoms with Gasteiger partial charge in [-0.3, -0.25) is 4.98 Å². The smallest absolute Gasteiger partial charge is 0.308 e. The van der Waals surface area contributed by atoms with Crippen LogP contribution in [0.25, 0.3) is 0 Å². The molecule has 1 aromatic carbocycles. The number of benzene rings is 1. The molecule has 0 bridgehead atoms. The zero-order valence-corrected chi connectivity index (χ0v) is 12.4. The summed E-state index contributed by atoms with van der Waals surface area (Å²) in [4.78, 5) is 15.7. The monoisotopic (exact) mass is 339 g/mol. The van der Waals surface area contributed by atoms with Crippen LogP contribution < -0.4 is 10.6 Å². The fourth-order valence-electron chi connectivity index (χ4n) is 1.44. The number of halogens is 2. The van der Waals surface area contributed by atoms with Crippen molar-refractivity contribution in [2.45, 2.75) is 6.92 Å². The molecule has 0 aliphatic carbocycles. The molecule has 1 heterocycles. The summed E-state index contributed by atoms with van der Waals surface area (Å²) in [7, 11) is 0. The van der Waals surface area contributed by atoms with Crippen molar-refractivity contribution < 1.29 is 4.79 Å². The highest BCUT2D eigenvalue weighted by molar-refractivity contribution is 9.10. The minimum absolute atomic E-state index is 0.347. The third kappa shape index (κ3) is 3.94. The number of aromatic nitrogens is 1. The van der Waals surface area contributed by atoms with Crippen LogP contribution in [0, 0.1) is 6.92 Å². The van der Waals surface area contributed by atoms with E-state index in [4.69, 9.17) is 11.6 Å². The molecule has 0 saturated heterocycles. The molecule has 0 saturated carbocycles. The maximum Gasteiger partial charge on any atom is 0.323 e. The van der Waals surface area contributed by atoms with Crippen molar-refractivity contribution in [2.24, 2.45) is 0 Å². The average Bonchev–Trinajstić information content (AvgIpc) is 2.34. The number of anilines is 2. The Hall–Kier alpha value is -1.59. The topological polar surface area (TPSA) is 54.0 Å². The van der Waals surface area contributed by atoms with E-state index in [0.29, 0.717) is 16.4 Å². The summed E-state index contributed by atoms with van der Waals surface area (Å²) < 4.78 is 0.795. The highest BCUT2D eigenvalue weighted by atomic mass is 79.9. The van der Waals surface area contributed by atoms with Crippen LogP contribution >= 0.6 is 27.5 Å². The normalized spacial score (nSPS) is 10.1. The lowest BCUT2D eigenvalue weighted by atomic mass is 10.2. The number of nitrogens with one attached hydrogen (secondary N) is 2. The molecule has 98 valence electrons. The summed E-state index contributed by atoms with van der Waals surface area (Å²) in [5.74, 6) is 0. The van der Waals surface area contributed by atoms with Gasteiger partial charge in [-0.2, -0.15) is 0 Å². The lowest BCUT2D eigenvalue weighted by Gasteiger charge is -2.08. The van der Waals surface area contributed by atoms with Crippen LogP contribution in [-0.4, -0.2) is 11.0 Å². The number of carbonyl (C=O) groups excluding carboxylic acids is 1. The Morgan fingerprint density at radius 3 is 2.63 bits per heavy atom. The van der Waals surface area contributed by atoms with Gasteiger partial charge in [0.25, 0.3) is 0 Å². The van der Waals surface area contributed by atoms with Gasteiger partial charge in [-0.25, -0.2) is 4.79 Å².